The molecule has 0 bridgehead atoms. The molecule has 0 unspecified atom stereocenters. The van der Waals surface area contributed by atoms with E-state index in [4.69, 9.17) is 5.73 Å². The molecule has 1 aromatic rings. The number of hydrogen-bond donors (Lipinski definition) is 2. The molecule has 0 atom stereocenters. The highest BCUT2D eigenvalue weighted by Crippen LogP contribution is 2.18. The number of aryl methyl sites for hydroxylation is 1. The maximum Gasteiger partial charge on any atom is 0.253 e. The number of nitrogens with zero attached hydrogens (tertiary/aromatic N) is 1. The van der Waals surface area contributed by atoms with Crippen molar-refractivity contribution in [2.45, 2.75) is 26.7 Å². The number of rotatable bonds is 6. The third kappa shape index (κ3) is 3.74. The van der Waals surface area contributed by atoms with Gasteiger partial charge in [-0.1, -0.05) is 6.92 Å². The Morgan fingerprint density at radius 3 is 2.67 bits per heavy atom. The van der Waals surface area contributed by atoms with Crippen LogP contribution in [-0.4, -0.2) is 35.5 Å². The lowest BCUT2D eigenvalue weighted by Gasteiger charge is -2.22. The first-order chi connectivity index (χ1) is 8.60. The van der Waals surface area contributed by atoms with Gasteiger partial charge in [-0.15, -0.1) is 0 Å². The monoisotopic (exact) mass is 250 g/mol. The fraction of sp³-hybridized carbons (Fsp3) is 0.500. The fourth-order valence-electron chi connectivity index (χ4n) is 1.84. The third-order valence-corrected chi connectivity index (χ3v) is 2.86. The lowest BCUT2D eigenvalue weighted by atomic mass is 10.1. The van der Waals surface area contributed by atoms with E-state index in [0.717, 1.165) is 24.9 Å². The van der Waals surface area contributed by atoms with Gasteiger partial charge in [0.1, 0.15) is 5.75 Å². The molecule has 1 aromatic carbocycles. The summed E-state index contributed by atoms with van der Waals surface area (Å²) in [6.07, 6.45) is 1.73. The smallest absolute Gasteiger partial charge is 0.253 e. The van der Waals surface area contributed by atoms with Gasteiger partial charge >= 0.3 is 0 Å². The lowest BCUT2D eigenvalue weighted by Crippen LogP contribution is -2.33. The minimum Gasteiger partial charge on any atom is -0.508 e. The number of phenols is 1. The third-order valence-electron chi connectivity index (χ3n) is 2.86. The second kappa shape index (κ2) is 7.01. The Bertz CT molecular complexity index is 405. The number of amides is 1. The second-order valence-electron chi connectivity index (χ2n) is 4.44. The molecule has 0 saturated carbocycles. The molecule has 4 nitrogen and oxygen atoms in total. The van der Waals surface area contributed by atoms with Gasteiger partial charge in [0, 0.05) is 18.7 Å². The van der Waals surface area contributed by atoms with Crippen LogP contribution in [0.25, 0.3) is 0 Å². The summed E-state index contributed by atoms with van der Waals surface area (Å²) in [5, 5.41) is 9.47. The van der Waals surface area contributed by atoms with Crippen LogP contribution in [0.5, 0.6) is 5.75 Å². The Kier molecular flexibility index (Phi) is 5.65. The SMILES string of the molecule is CCCN(CCCN)C(=O)c1ccc(O)c(C)c1. The quantitative estimate of drug-likeness (QED) is 0.810. The first-order valence-electron chi connectivity index (χ1n) is 6.39. The first kappa shape index (κ1) is 14.5. The van der Waals surface area contributed by atoms with Gasteiger partial charge in [0.25, 0.3) is 5.91 Å². The summed E-state index contributed by atoms with van der Waals surface area (Å²) >= 11 is 0. The predicted octanol–water partition coefficient (Wildman–Crippen LogP) is 1.90. The van der Waals surface area contributed by atoms with E-state index in [-0.39, 0.29) is 11.7 Å². The van der Waals surface area contributed by atoms with Crippen molar-refractivity contribution in [2.75, 3.05) is 19.6 Å². The summed E-state index contributed by atoms with van der Waals surface area (Å²) in [5.74, 6) is 0.226. The van der Waals surface area contributed by atoms with Crippen LogP contribution in [0.3, 0.4) is 0 Å². The molecule has 0 aromatic heterocycles. The van der Waals surface area contributed by atoms with Crippen LogP contribution >= 0.6 is 0 Å². The zero-order valence-electron chi connectivity index (χ0n) is 11.1. The Morgan fingerprint density at radius 1 is 1.39 bits per heavy atom. The minimum atomic E-state index is 0.00778. The highest BCUT2D eigenvalue weighted by molar-refractivity contribution is 5.94. The zero-order valence-corrected chi connectivity index (χ0v) is 11.1. The van der Waals surface area contributed by atoms with Crippen LogP contribution in [0, 0.1) is 6.92 Å². The minimum absolute atomic E-state index is 0.00778. The number of benzene rings is 1. The summed E-state index contributed by atoms with van der Waals surface area (Å²) < 4.78 is 0. The predicted molar refractivity (Wildman–Crippen MR) is 72.7 cm³/mol. The standard InChI is InChI=1S/C14H22N2O2/c1-3-8-16(9-4-7-15)14(18)12-5-6-13(17)11(2)10-12/h5-6,10,17H,3-4,7-9,15H2,1-2H3. The fourth-order valence-corrected chi connectivity index (χ4v) is 1.84. The molecule has 18 heavy (non-hydrogen) atoms. The van der Waals surface area contributed by atoms with Crippen molar-refractivity contribution in [3.63, 3.8) is 0 Å². The molecular formula is C14H22N2O2. The van der Waals surface area contributed by atoms with Gasteiger partial charge in [-0.2, -0.15) is 0 Å². The Hall–Kier alpha value is -1.55. The van der Waals surface area contributed by atoms with Gasteiger partial charge in [0.15, 0.2) is 0 Å². The molecule has 0 aliphatic rings. The first-order valence-corrected chi connectivity index (χ1v) is 6.39. The second-order valence-corrected chi connectivity index (χ2v) is 4.44. The number of carbonyl (C=O) groups excluding carboxylic acids is 1. The van der Waals surface area contributed by atoms with E-state index >= 15 is 0 Å². The molecule has 0 spiro atoms. The van der Waals surface area contributed by atoms with Crippen LogP contribution in [0.15, 0.2) is 18.2 Å². The maximum absolute atomic E-state index is 12.3. The van der Waals surface area contributed by atoms with E-state index in [0.29, 0.717) is 18.7 Å². The largest absolute Gasteiger partial charge is 0.508 e. The molecule has 1 rings (SSSR count). The topological polar surface area (TPSA) is 66.6 Å². The molecule has 0 saturated heterocycles. The molecular weight excluding hydrogens is 228 g/mol. The number of carbonyl (C=O) groups is 1. The summed E-state index contributed by atoms with van der Waals surface area (Å²) in [6.45, 7) is 5.84. The van der Waals surface area contributed by atoms with Crippen molar-refractivity contribution >= 4 is 5.91 Å². The van der Waals surface area contributed by atoms with Crippen molar-refractivity contribution in [1.29, 1.82) is 0 Å². The summed E-state index contributed by atoms with van der Waals surface area (Å²) in [6, 6.07) is 4.95. The van der Waals surface area contributed by atoms with Crippen LogP contribution in [0.2, 0.25) is 0 Å². The molecule has 0 fully saturated rings. The molecule has 0 radical (unpaired) electrons. The molecule has 3 N–H and O–H groups in total. The van der Waals surface area contributed by atoms with Gasteiger partial charge in [0.05, 0.1) is 0 Å². The summed E-state index contributed by atoms with van der Waals surface area (Å²) in [5.41, 5.74) is 6.82. The van der Waals surface area contributed by atoms with Crippen LogP contribution in [0.4, 0.5) is 0 Å². The van der Waals surface area contributed by atoms with E-state index in [1.807, 2.05) is 11.8 Å². The Balaban J connectivity index is 2.83. The van der Waals surface area contributed by atoms with E-state index in [2.05, 4.69) is 0 Å². The van der Waals surface area contributed by atoms with E-state index in [9.17, 15) is 9.90 Å². The van der Waals surface area contributed by atoms with Crippen molar-refractivity contribution in [2.24, 2.45) is 5.73 Å². The highest BCUT2D eigenvalue weighted by Gasteiger charge is 2.15. The van der Waals surface area contributed by atoms with E-state index < -0.39 is 0 Å². The molecule has 0 aliphatic carbocycles. The van der Waals surface area contributed by atoms with Gasteiger partial charge in [-0.3, -0.25) is 4.79 Å². The Labute approximate surface area is 108 Å². The van der Waals surface area contributed by atoms with Crippen molar-refractivity contribution in [3.8, 4) is 5.75 Å². The van der Waals surface area contributed by atoms with Crippen LogP contribution < -0.4 is 5.73 Å². The van der Waals surface area contributed by atoms with Gasteiger partial charge < -0.3 is 15.7 Å². The van der Waals surface area contributed by atoms with Crippen molar-refractivity contribution < 1.29 is 9.90 Å². The Morgan fingerprint density at radius 2 is 2.11 bits per heavy atom. The average molecular weight is 250 g/mol. The van der Waals surface area contributed by atoms with Crippen molar-refractivity contribution in [3.05, 3.63) is 29.3 Å². The maximum atomic E-state index is 12.3. The highest BCUT2D eigenvalue weighted by atomic mass is 16.3. The van der Waals surface area contributed by atoms with Gasteiger partial charge in [0.2, 0.25) is 0 Å². The summed E-state index contributed by atoms with van der Waals surface area (Å²) in [7, 11) is 0. The summed E-state index contributed by atoms with van der Waals surface area (Å²) in [4.78, 5) is 14.1. The van der Waals surface area contributed by atoms with Crippen LogP contribution in [-0.2, 0) is 0 Å². The zero-order chi connectivity index (χ0) is 13.5. The van der Waals surface area contributed by atoms with Gasteiger partial charge in [-0.05, 0) is 50.1 Å². The molecule has 4 heteroatoms. The van der Waals surface area contributed by atoms with Gasteiger partial charge in [-0.25, -0.2) is 0 Å². The van der Waals surface area contributed by atoms with E-state index in [1.54, 1.807) is 25.1 Å². The molecule has 1 amide bonds. The number of aromatic hydroxyl groups is 1. The van der Waals surface area contributed by atoms with Crippen LogP contribution in [0.1, 0.15) is 35.7 Å². The normalized spacial score (nSPS) is 10.4. The van der Waals surface area contributed by atoms with Crippen molar-refractivity contribution in [1.82, 2.24) is 4.90 Å². The average Bonchev–Trinajstić information content (AvgIpc) is 2.37. The molecule has 0 heterocycles. The molecule has 100 valence electrons. The van der Waals surface area contributed by atoms with E-state index in [1.165, 1.54) is 0 Å². The number of hydrogen-bond acceptors (Lipinski definition) is 3. The number of phenolic OH excluding ortho intramolecular Hbond substituents is 1. The lowest BCUT2D eigenvalue weighted by molar-refractivity contribution is 0.0754. The molecule has 0 aliphatic heterocycles. The number of nitrogens with two attached hydrogens (primary N) is 1.